The standard InChI is InChI=1S/C25H22FNO4/c1-29-21-8-9-22-19(14-21)11-12-27(25(22)28)15-18-5-10-23(24(13-18)30-2)31-16-17-3-6-20(26)7-4-17/h3-14H,15-16H2,1-2H3. The number of nitrogens with zero attached hydrogens (tertiary/aromatic N) is 1. The van der Waals surface area contributed by atoms with Gasteiger partial charge in [-0.3, -0.25) is 4.79 Å². The van der Waals surface area contributed by atoms with Crippen molar-refractivity contribution in [3.8, 4) is 17.2 Å². The molecular formula is C25H22FNO4. The van der Waals surface area contributed by atoms with Gasteiger partial charge in [-0.1, -0.05) is 18.2 Å². The van der Waals surface area contributed by atoms with Crippen LogP contribution < -0.4 is 19.8 Å². The Balaban J connectivity index is 1.54. The molecule has 0 N–H and O–H groups in total. The fourth-order valence-corrected chi connectivity index (χ4v) is 3.39. The summed E-state index contributed by atoms with van der Waals surface area (Å²) in [6, 6.07) is 19.0. The third-order valence-corrected chi connectivity index (χ3v) is 5.07. The summed E-state index contributed by atoms with van der Waals surface area (Å²) >= 11 is 0. The van der Waals surface area contributed by atoms with Crippen molar-refractivity contribution in [1.82, 2.24) is 4.57 Å². The van der Waals surface area contributed by atoms with Crippen LogP contribution in [0, 0.1) is 5.82 Å². The smallest absolute Gasteiger partial charge is 0.258 e. The highest BCUT2D eigenvalue weighted by Gasteiger charge is 2.09. The van der Waals surface area contributed by atoms with Gasteiger partial charge in [0, 0.05) is 11.6 Å². The fourth-order valence-electron chi connectivity index (χ4n) is 3.39. The lowest BCUT2D eigenvalue weighted by atomic mass is 10.1. The van der Waals surface area contributed by atoms with Crippen LogP contribution in [-0.4, -0.2) is 18.8 Å². The van der Waals surface area contributed by atoms with E-state index in [0.29, 0.717) is 35.8 Å². The summed E-state index contributed by atoms with van der Waals surface area (Å²) in [5, 5.41) is 1.47. The van der Waals surface area contributed by atoms with Crippen LogP contribution in [0.5, 0.6) is 17.2 Å². The van der Waals surface area contributed by atoms with E-state index in [1.54, 1.807) is 49.2 Å². The van der Waals surface area contributed by atoms with E-state index in [1.165, 1.54) is 12.1 Å². The quantitative estimate of drug-likeness (QED) is 0.432. The number of hydrogen-bond donors (Lipinski definition) is 0. The normalized spacial score (nSPS) is 10.8. The van der Waals surface area contributed by atoms with Gasteiger partial charge in [-0.05, 0) is 65.0 Å². The lowest BCUT2D eigenvalue weighted by Gasteiger charge is -2.13. The fraction of sp³-hybridized carbons (Fsp3) is 0.160. The highest BCUT2D eigenvalue weighted by atomic mass is 19.1. The van der Waals surface area contributed by atoms with E-state index >= 15 is 0 Å². The summed E-state index contributed by atoms with van der Waals surface area (Å²) in [7, 11) is 3.17. The number of methoxy groups -OCH3 is 2. The van der Waals surface area contributed by atoms with Gasteiger partial charge in [0.25, 0.3) is 5.56 Å². The number of rotatable bonds is 7. The summed E-state index contributed by atoms with van der Waals surface area (Å²) in [5.74, 6) is 1.58. The van der Waals surface area contributed by atoms with E-state index in [1.807, 2.05) is 30.3 Å². The van der Waals surface area contributed by atoms with Crippen LogP contribution in [0.4, 0.5) is 4.39 Å². The second-order valence-corrected chi connectivity index (χ2v) is 7.10. The summed E-state index contributed by atoms with van der Waals surface area (Å²) in [6.07, 6.45) is 1.77. The topological polar surface area (TPSA) is 49.7 Å². The minimum absolute atomic E-state index is 0.0734. The molecule has 0 spiro atoms. The lowest BCUT2D eigenvalue weighted by molar-refractivity contribution is 0.284. The molecule has 4 rings (SSSR count). The molecule has 0 aliphatic heterocycles. The SMILES string of the molecule is COc1ccc2c(=O)n(Cc3ccc(OCc4ccc(F)cc4)c(OC)c3)ccc2c1. The van der Waals surface area contributed by atoms with Crippen LogP contribution in [0.1, 0.15) is 11.1 Å². The maximum Gasteiger partial charge on any atom is 0.258 e. The van der Waals surface area contributed by atoms with Crippen LogP contribution in [0.2, 0.25) is 0 Å². The van der Waals surface area contributed by atoms with Crippen LogP contribution in [-0.2, 0) is 13.2 Å². The Morgan fingerprint density at radius 1 is 0.839 bits per heavy atom. The highest BCUT2D eigenvalue weighted by molar-refractivity contribution is 5.82. The maximum atomic E-state index is 13.1. The average Bonchev–Trinajstić information content (AvgIpc) is 2.80. The number of aromatic nitrogens is 1. The molecule has 0 saturated carbocycles. The monoisotopic (exact) mass is 419 g/mol. The van der Waals surface area contributed by atoms with Crippen molar-refractivity contribution < 1.29 is 18.6 Å². The molecule has 0 aliphatic carbocycles. The Labute approximate surface area is 179 Å². The zero-order valence-electron chi connectivity index (χ0n) is 17.3. The zero-order chi connectivity index (χ0) is 21.8. The van der Waals surface area contributed by atoms with Gasteiger partial charge in [-0.15, -0.1) is 0 Å². The molecule has 6 heteroatoms. The number of fused-ring (bicyclic) bond motifs is 1. The molecule has 0 saturated heterocycles. The first-order valence-electron chi connectivity index (χ1n) is 9.79. The molecule has 3 aromatic carbocycles. The number of pyridine rings is 1. The Morgan fingerprint density at radius 3 is 2.35 bits per heavy atom. The molecule has 0 radical (unpaired) electrons. The minimum Gasteiger partial charge on any atom is -0.497 e. The summed E-state index contributed by atoms with van der Waals surface area (Å²) in [6.45, 7) is 0.693. The second kappa shape index (κ2) is 8.92. The minimum atomic E-state index is -0.284. The van der Waals surface area contributed by atoms with Gasteiger partial charge < -0.3 is 18.8 Å². The van der Waals surface area contributed by atoms with E-state index in [4.69, 9.17) is 14.2 Å². The Morgan fingerprint density at radius 2 is 1.61 bits per heavy atom. The van der Waals surface area contributed by atoms with Crippen LogP contribution >= 0.6 is 0 Å². The Bertz CT molecular complexity index is 1260. The molecule has 1 aromatic heterocycles. The van der Waals surface area contributed by atoms with Crippen LogP contribution in [0.15, 0.2) is 77.7 Å². The predicted octanol–water partition coefficient (Wildman–Crippen LogP) is 4.79. The van der Waals surface area contributed by atoms with Crippen LogP contribution in [0.3, 0.4) is 0 Å². The largest absolute Gasteiger partial charge is 0.497 e. The van der Waals surface area contributed by atoms with Gasteiger partial charge in [0.1, 0.15) is 18.2 Å². The van der Waals surface area contributed by atoms with Crippen molar-refractivity contribution in [2.75, 3.05) is 14.2 Å². The van der Waals surface area contributed by atoms with Gasteiger partial charge in [-0.2, -0.15) is 0 Å². The van der Waals surface area contributed by atoms with E-state index in [0.717, 1.165) is 16.5 Å². The van der Waals surface area contributed by atoms with E-state index in [2.05, 4.69) is 0 Å². The summed E-state index contributed by atoms with van der Waals surface area (Å²) < 4.78 is 31.2. The second-order valence-electron chi connectivity index (χ2n) is 7.10. The van der Waals surface area contributed by atoms with Crippen LogP contribution in [0.25, 0.3) is 10.8 Å². The highest BCUT2D eigenvalue weighted by Crippen LogP contribution is 2.29. The maximum absolute atomic E-state index is 13.1. The Kier molecular flexibility index (Phi) is 5.89. The molecule has 0 aliphatic rings. The van der Waals surface area contributed by atoms with E-state index in [9.17, 15) is 9.18 Å². The van der Waals surface area contributed by atoms with Gasteiger partial charge in [0.05, 0.1) is 20.8 Å². The first-order valence-corrected chi connectivity index (χ1v) is 9.79. The van der Waals surface area contributed by atoms with Gasteiger partial charge in [0.2, 0.25) is 0 Å². The van der Waals surface area contributed by atoms with Crippen molar-refractivity contribution in [3.05, 3.63) is 100 Å². The average molecular weight is 419 g/mol. The number of hydrogen-bond acceptors (Lipinski definition) is 4. The molecule has 0 fully saturated rings. The first kappa shape index (κ1) is 20.5. The van der Waals surface area contributed by atoms with Crippen molar-refractivity contribution in [2.24, 2.45) is 0 Å². The van der Waals surface area contributed by atoms with E-state index in [-0.39, 0.29) is 11.4 Å². The third-order valence-electron chi connectivity index (χ3n) is 5.07. The third kappa shape index (κ3) is 4.53. The number of ether oxygens (including phenoxy) is 3. The number of halogens is 1. The molecule has 0 unspecified atom stereocenters. The van der Waals surface area contributed by atoms with Gasteiger partial charge >= 0.3 is 0 Å². The molecule has 0 amide bonds. The molecule has 1 heterocycles. The van der Waals surface area contributed by atoms with Crippen molar-refractivity contribution in [2.45, 2.75) is 13.2 Å². The predicted molar refractivity (Wildman–Crippen MR) is 118 cm³/mol. The van der Waals surface area contributed by atoms with Crippen molar-refractivity contribution >= 4 is 10.8 Å². The number of benzene rings is 3. The molecular weight excluding hydrogens is 397 g/mol. The zero-order valence-corrected chi connectivity index (χ0v) is 17.3. The lowest BCUT2D eigenvalue weighted by Crippen LogP contribution is -2.20. The molecule has 4 aromatic rings. The van der Waals surface area contributed by atoms with Gasteiger partial charge in [0.15, 0.2) is 11.5 Å². The molecule has 0 bridgehead atoms. The van der Waals surface area contributed by atoms with Gasteiger partial charge in [-0.25, -0.2) is 4.39 Å². The molecule has 31 heavy (non-hydrogen) atoms. The first-order chi connectivity index (χ1) is 15.1. The van der Waals surface area contributed by atoms with Crippen molar-refractivity contribution in [3.63, 3.8) is 0 Å². The molecule has 5 nitrogen and oxygen atoms in total. The Hall–Kier alpha value is -3.80. The molecule has 0 atom stereocenters. The van der Waals surface area contributed by atoms with E-state index < -0.39 is 0 Å². The van der Waals surface area contributed by atoms with Crippen molar-refractivity contribution in [1.29, 1.82) is 0 Å². The molecule has 158 valence electrons. The summed E-state index contributed by atoms with van der Waals surface area (Å²) in [4.78, 5) is 12.9. The summed E-state index contributed by atoms with van der Waals surface area (Å²) in [5.41, 5.74) is 1.68.